The number of nitrogens with zero attached hydrogens (tertiary/aromatic N) is 2. The Morgan fingerprint density at radius 2 is 1.91 bits per heavy atom. The summed E-state index contributed by atoms with van der Waals surface area (Å²) in [4.78, 5) is 19.4. The normalized spacial score (nSPS) is 25.8. The fraction of sp³-hybridized carbons (Fsp3) is 0.647. The van der Waals surface area contributed by atoms with E-state index in [0.29, 0.717) is 11.6 Å². The van der Waals surface area contributed by atoms with E-state index in [1.807, 2.05) is 12.1 Å². The number of nitrogens with two attached hydrogens (primary N) is 1. The first-order chi connectivity index (χ1) is 10.7. The number of rotatable bonds is 3. The van der Waals surface area contributed by atoms with Gasteiger partial charge in [0.15, 0.2) is 0 Å². The average Bonchev–Trinajstić information content (AvgIpc) is 2.58. The molecule has 2 fully saturated rings. The highest BCUT2D eigenvalue weighted by Crippen LogP contribution is 2.23. The molecule has 0 radical (unpaired) electrons. The van der Waals surface area contributed by atoms with Crippen molar-refractivity contribution in [2.24, 2.45) is 5.73 Å². The fourth-order valence-corrected chi connectivity index (χ4v) is 3.46. The zero-order chi connectivity index (χ0) is 15.4. The van der Waals surface area contributed by atoms with Crippen LogP contribution in [0.4, 0.5) is 5.82 Å². The molecule has 2 aliphatic rings. The van der Waals surface area contributed by atoms with Gasteiger partial charge in [0, 0.05) is 31.4 Å². The molecule has 1 aromatic rings. The van der Waals surface area contributed by atoms with E-state index in [1.54, 1.807) is 6.20 Å². The number of aromatic nitrogens is 1. The summed E-state index contributed by atoms with van der Waals surface area (Å²) in [7, 11) is 0. The van der Waals surface area contributed by atoms with E-state index in [4.69, 9.17) is 5.73 Å². The lowest BCUT2D eigenvalue weighted by molar-refractivity contribution is 0.0926. The summed E-state index contributed by atoms with van der Waals surface area (Å²) in [6.45, 7) is 1.99. The maximum Gasteiger partial charge on any atom is 0.255 e. The third-order valence-corrected chi connectivity index (χ3v) is 4.79. The standard InChI is InChI=1S/C17H26N4O/c18-13-6-8-14(9-7-13)20-17(22)15-5-4-10-19-16(15)21-11-2-1-3-12-21/h4-5,10,13-14H,1-3,6-9,11-12,18H2,(H,20,22). The predicted octanol–water partition coefficient (Wildman–Crippen LogP) is 2.07. The lowest BCUT2D eigenvalue weighted by atomic mass is 9.91. The number of hydrogen-bond acceptors (Lipinski definition) is 4. The van der Waals surface area contributed by atoms with Crippen molar-refractivity contribution in [3.8, 4) is 0 Å². The molecule has 1 aromatic heterocycles. The van der Waals surface area contributed by atoms with Crippen molar-refractivity contribution in [1.29, 1.82) is 0 Å². The molecule has 0 spiro atoms. The molecule has 0 unspecified atom stereocenters. The largest absolute Gasteiger partial charge is 0.356 e. The van der Waals surface area contributed by atoms with Gasteiger partial charge in [0.05, 0.1) is 5.56 Å². The van der Waals surface area contributed by atoms with Crippen molar-refractivity contribution in [1.82, 2.24) is 10.3 Å². The zero-order valence-corrected chi connectivity index (χ0v) is 13.1. The van der Waals surface area contributed by atoms with Gasteiger partial charge in [0.2, 0.25) is 0 Å². The molecule has 1 aliphatic heterocycles. The van der Waals surface area contributed by atoms with Crippen molar-refractivity contribution in [2.45, 2.75) is 57.0 Å². The van der Waals surface area contributed by atoms with Gasteiger partial charge in [-0.15, -0.1) is 0 Å². The van der Waals surface area contributed by atoms with Crippen molar-refractivity contribution < 1.29 is 4.79 Å². The van der Waals surface area contributed by atoms with Gasteiger partial charge >= 0.3 is 0 Å². The van der Waals surface area contributed by atoms with Gasteiger partial charge < -0.3 is 16.0 Å². The summed E-state index contributed by atoms with van der Waals surface area (Å²) in [5, 5.41) is 3.17. The molecule has 22 heavy (non-hydrogen) atoms. The Bertz CT molecular complexity index is 505. The molecule has 120 valence electrons. The Morgan fingerprint density at radius 3 is 2.64 bits per heavy atom. The SMILES string of the molecule is NC1CCC(NC(=O)c2cccnc2N2CCCCC2)CC1. The first kappa shape index (κ1) is 15.3. The highest BCUT2D eigenvalue weighted by molar-refractivity contribution is 5.99. The van der Waals surface area contributed by atoms with Crippen LogP contribution in [0.25, 0.3) is 0 Å². The van der Waals surface area contributed by atoms with Gasteiger partial charge in [-0.3, -0.25) is 4.79 Å². The van der Waals surface area contributed by atoms with Crippen LogP contribution in [0.15, 0.2) is 18.3 Å². The molecule has 2 heterocycles. The predicted molar refractivity (Wildman–Crippen MR) is 88.0 cm³/mol. The third kappa shape index (κ3) is 3.58. The Kier molecular flexibility index (Phi) is 4.93. The number of piperidine rings is 1. The van der Waals surface area contributed by atoms with E-state index in [2.05, 4.69) is 15.2 Å². The Hall–Kier alpha value is -1.62. The zero-order valence-electron chi connectivity index (χ0n) is 13.1. The van der Waals surface area contributed by atoms with Crippen molar-refractivity contribution >= 4 is 11.7 Å². The highest BCUT2D eigenvalue weighted by atomic mass is 16.1. The van der Waals surface area contributed by atoms with Gasteiger partial charge in [-0.1, -0.05) is 0 Å². The molecule has 1 aliphatic carbocycles. The minimum atomic E-state index is 0.00847. The lowest BCUT2D eigenvalue weighted by Gasteiger charge is -2.30. The summed E-state index contributed by atoms with van der Waals surface area (Å²) < 4.78 is 0. The van der Waals surface area contributed by atoms with Crippen LogP contribution in [-0.4, -0.2) is 36.1 Å². The molecule has 3 N–H and O–H groups in total. The van der Waals surface area contributed by atoms with Crippen LogP contribution < -0.4 is 16.0 Å². The molecule has 1 amide bonds. The number of amides is 1. The van der Waals surface area contributed by atoms with Crippen molar-refractivity contribution in [2.75, 3.05) is 18.0 Å². The van der Waals surface area contributed by atoms with Crippen LogP contribution in [0.5, 0.6) is 0 Å². The quantitative estimate of drug-likeness (QED) is 0.896. The van der Waals surface area contributed by atoms with Crippen LogP contribution in [0.3, 0.4) is 0 Å². The number of pyridine rings is 1. The van der Waals surface area contributed by atoms with E-state index in [1.165, 1.54) is 19.3 Å². The van der Waals surface area contributed by atoms with Gasteiger partial charge in [-0.25, -0.2) is 4.98 Å². The molecule has 5 heteroatoms. The second-order valence-electron chi connectivity index (χ2n) is 6.51. The monoisotopic (exact) mass is 302 g/mol. The molecule has 0 aromatic carbocycles. The van der Waals surface area contributed by atoms with Crippen LogP contribution in [0, 0.1) is 0 Å². The van der Waals surface area contributed by atoms with Gasteiger partial charge in [-0.2, -0.15) is 0 Å². The first-order valence-electron chi connectivity index (χ1n) is 8.50. The minimum absolute atomic E-state index is 0.00847. The number of carbonyl (C=O) groups excluding carboxylic acids is 1. The molecular weight excluding hydrogens is 276 g/mol. The summed E-state index contributed by atoms with van der Waals surface area (Å²) in [5.74, 6) is 0.848. The van der Waals surface area contributed by atoms with Gasteiger partial charge in [0.25, 0.3) is 5.91 Å². The molecule has 1 saturated heterocycles. The number of hydrogen-bond donors (Lipinski definition) is 2. The summed E-state index contributed by atoms with van der Waals surface area (Å²) in [6, 6.07) is 4.29. The van der Waals surface area contributed by atoms with E-state index >= 15 is 0 Å². The van der Waals surface area contributed by atoms with Gasteiger partial charge in [-0.05, 0) is 57.1 Å². The van der Waals surface area contributed by atoms with E-state index in [9.17, 15) is 4.79 Å². The smallest absolute Gasteiger partial charge is 0.255 e. The molecule has 0 atom stereocenters. The Labute approximate surface area is 132 Å². The average molecular weight is 302 g/mol. The molecule has 1 saturated carbocycles. The minimum Gasteiger partial charge on any atom is -0.356 e. The fourth-order valence-electron chi connectivity index (χ4n) is 3.46. The van der Waals surface area contributed by atoms with Crippen LogP contribution in [-0.2, 0) is 0 Å². The second-order valence-corrected chi connectivity index (χ2v) is 6.51. The van der Waals surface area contributed by atoms with Crippen molar-refractivity contribution in [3.63, 3.8) is 0 Å². The molecule has 5 nitrogen and oxygen atoms in total. The van der Waals surface area contributed by atoms with E-state index < -0.39 is 0 Å². The second kappa shape index (κ2) is 7.09. The number of nitrogens with one attached hydrogen (secondary N) is 1. The maximum atomic E-state index is 12.6. The Morgan fingerprint density at radius 1 is 1.18 bits per heavy atom. The number of carbonyl (C=O) groups is 1. The highest BCUT2D eigenvalue weighted by Gasteiger charge is 2.24. The van der Waals surface area contributed by atoms with Crippen LogP contribution in [0.2, 0.25) is 0 Å². The number of anilines is 1. The topological polar surface area (TPSA) is 71.2 Å². The first-order valence-corrected chi connectivity index (χ1v) is 8.50. The summed E-state index contributed by atoms with van der Waals surface area (Å²) in [6.07, 6.45) is 9.36. The molecule has 3 rings (SSSR count). The summed E-state index contributed by atoms with van der Waals surface area (Å²) >= 11 is 0. The lowest BCUT2D eigenvalue weighted by Crippen LogP contribution is -2.41. The van der Waals surface area contributed by atoms with Crippen molar-refractivity contribution in [3.05, 3.63) is 23.9 Å². The van der Waals surface area contributed by atoms with Gasteiger partial charge in [0.1, 0.15) is 5.82 Å². The van der Waals surface area contributed by atoms with E-state index in [-0.39, 0.29) is 11.9 Å². The molecular formula is C17H26N4O. The summed E-state index contributed by atoms with van der Waals surface area (Å²) in [5.41, 5.74) is 6.64. The van der Waals surface area contributed by atoms with Crippen LogP contribution >= 0.6 is 0 Å². The molecule has 0 bridgehead atoms. The third-order valence-electron chi connectivity index (χ3n) is 4.79. The van der Waals surface area contributed by atoms with Crippen LogP contribution in [0.1, 0.15) is 55.3 Å². The Balaban J connectivity index is 1.69. The maximum absolute atomic E-state index is 12.6. The van der Waals surface area contributed by atoms with E-state index in [0.717, 1.165) is 44.6 Å².